The second-order valence-electron chi connectivity index (χ2n) is 7.53. The highest BCUT2D eigenvalue weighted by molar-refractivity contribution is 7.99. The average Bonchev–Trinajstić information content (AvgIpc) is 3.48. The lowest BCUT2D eigenvalue weighted by Crippen LogP contribution is -2.13. The van der Waals surface area contributed by atoms with Crippen molar-refractivity contribution in [3.63, 3.8) is 0 Å². The Hall–Kier alpha value is -3.29. The van der Waals surface area contributed by atoms with Crippen molar-refractivity contribution in [3.05, 3.63) is 70.4 Å². The summed E-state index contributed by atoms with van der Waals surface area (Å²) in [7, 11) is 0. The van der Waals surface area contributed by atoms with Crippen LogP contribution < -0.4 is 10.6 Å². The zero-order valence-electron chi connectivity index (χ0n) is 18.9. The maximum absolute atomic E-state index is 13.9. The monoisotopic (exact) mass is 566 g/mol. The van der Waals surface area contributed by atoms with Gasteiger partial charge in [0.25, 0.3) is 0 Å². The van der Waals surface area contributed by atoms with Crippen LogP contribution in [0.3, 0.4) is 0 Å². The number of hydrogen-bond acceptors (Lipinski definition) is 7. The van der Waals surface area contributed by atoms with Crippen molar-refractivity contribution < 1.29 is 27.2 Å². The van der Waals surface area contributed by atoms with E-state index in [4.69, 9.17) is 0 Å². The minimum absolute atomic E-state index is 0.142. The third kappa shape index (κ3) is 7.37. The van der Waals surface area contributed by atoms with Crippen LogP contribution in [-0.2, 0) is 9.59 Å². The number of carbonyl (C=O) groups excluding carboxylic acids is 2. The van der Waals surface area contributed by atoms with Gasteiger partial charge in [-0.2, -0.15) is 11.8 Å². The summed E-state index contributed by atoms with van der Waals surface area (Å²) in [5.41, 5.74) is 0.883. The fourth-order valence-corrected chi connectivity index (χ4v) is 5.42. The van der Waals surface area contributed by atoms with Gasteiger partial charge in [0.1, 0.15) is 23.3 Å². The van der Waals surface area contributed by atoms with Crippen LogP contribution >= 0.6 is 34.4 Å². The van der Waals surface area contributed by atoms with Gasteiger partial charge >= 0.3 is 0 Å². The van der Waals surface area contributed by atoms with Crippen molar-refractivity contribution in [2.75, 3.05) is 22.1 Å². The molecule has 0 fully saturated rings. The number of thiazole rings is 2. The normalized spacial score (nSPS) is 10.9. The van der Waals surface area contributed by atoms with Crippen LogP contribution in [0.4, 0.5) is 27.8 Å². The maximum Gasteiger partial charge on any atom is 0.226 e. The van der Waals surface area contributed by atoms with E-state index in [9.17, 15) is 27.2 Å². The highest BCUT2D eigenvalue weighted by atomic mass is 32.2. The Morgan fingerprint density at radius 3 is 1.57 bits per heavy atom. The Bertz CT molecular complexity index is 1320. The number of benzene rings is 2. The Morgan fingerprint density at radius 2 is 1.16 bits per heavy atom. The smallest absolute Gasteiger partial charge is 0.226 e. The molecule has 4 aromatic rings. The predicted octanol–water partition coefficient (Wildman–Crippen LogP) is 6.58. The fraction of sp³-hybridized carbons (Fsp3) is 0.167. The van der Waals surface area contributed by atoms with E-state index in [-0.39, 0.29) is 35.8 Å². The van der Waals surface area contributed by atoms with Gasteiger partial charge in [-0.1, -0.05) is 0 Å². The number of anilines is 2. The molecule has 2 aromatic carbocycles. The van der Waals surface area contributed by atoms with Gasteiger partial charge in [-0.15, -0.1) is 22.7 Å². The lowest BCUT2D eigenvalue weighted by Gasteiger charge is -2.03. The van der Waals surface area contributed by atoms with Crippen LogP contribution in [0, 0.1) is 23.3 Å². The first-order valence-corrected chi connectivity index (χ1v) is 13.7. The van der Waals surface area contributed by atoms with E-state index in [1.54, 1.807) is 10.8 Å². The van der Waals surface area contributed by atoms with E-state index >= 15 is 0 Å². The molecular formula is C24H18F4N4O2S3. The molecule has 0 aliphatic heterocycles. The summed E-state index contributed by atoms with van der Waals surface area (Å²) in [6.45, 7) is 0. The van der Waals surface area contributed by atoms with Crippen LogP contribution in [0.25, 0.3) is 22.5 Å². The first-order chi connectivity index (χ1) is 17.8. The SMILES string of the molecule is O=C(CCSCCC(=O)Nc1nc(-c2ccc(F)cc2F)cs1)Nc1nc(-c2ccc(F)cc2F)cs1. The molecule has 2 N–H and O–H groups in total. The molecule has 2 aromatic heterocycles. The minimum Gasteiger partial charge on any atom is -0.302 e. The molecule has 0 saturated heterocycles. The standard InChI is InChI=1S/C24H18F4N4O2S3/c25-13-1-3-15(17(27)9-13)19-11-36-23(29-19)31-21(33)5-7-35-8-6-22(34)32-24-30-20(12-37-24)16-4-2-14(26)10-18(16)28/h1-4,9-12H,5-8H2,(H,29,31,33)(H,30,32,34). The van der Waals surface area contributed by atoms with Crippen LogP contribution in [0.5, 0.6) is 0 Å². The van der Waals surface area contributed by atoms with E-state index in [2.05, 4.69) is 20.6 Å². The zero-order chi connectivity index (χ0) is 26.4. The lowest BCUT2D eigenvalue weighted by molar-refractivity contribution is -0.116. The second kappa shape index (κ2) is 12.3. The van der Waals surface area contributed by atoms with Crippen LogP contribution in [0.1, 0.15) is 12.8 Å². The number of carbonyl (C=O) groups is 2. The molecule has 0 spiro atoms. The molecule has 2 heterocycles. The second-order valence-corrected chi connectivity index (χ2v) is 10.5. The number of nitrogens with one attached hydrogen (secondary N) is 2. The molecule has 0 saturated carbocycles. The van der Waals surface area contributed by atoms with Crippen LogP contribution in [-0.4, -0.2) is 33.3 Å². The van der Waals surface area contributed by atoms with Gasteiger partial charge in [0, 0.05) is 58.4 Å². The van der Waals surface area contributed by atoms with Gasteiger partial charge in [-0.3, -0.25) is 9.59 Å². The fourth-order valence-electron chi connectivity index (χ4n) is 3.10. The van der Waals surface area contributed by atoms with Crippen molar-refractivity contribution in [2.45, 2.75) is 12.8 Å². The van der Waals surface area contributed by atoms with Crippen molar-refractivity contribution >= 4 is 56.5 Å². The van der Waals surface area contributed by atoms with Crippen LogP contribution in [0.2, 0.25) is 0 Å². The molecule has 0 aliphatic carbocycles. The highest BCUT2D eigenvalue weighted by Gasteiger charge is 2.14. The molecule has 13 heteroatoms. The van der Waals surface area contributed by atoms with Gasteiger partial charge in [0.05, 0.1) is 11.4 Å². The highest BCUT2D eigenvalue weighted by Crippen LogP contribution is 2.29. The maximum atomic E-state index is 13.9. The average molecular weight is 567 g/mol. The summed E-state index contributed by atoms with van der Waals surface area (Å²) >= 11 is 3.68. The lowest BCUT2D eigenvalue weighted by atomic mass is 10.1. The number of nitrogens with zero attached hydrogens (tertiary/aromatic N) is 2. The molecule has 0 atom stereocenters. The molecule has 37 heavy (non-hydrogen) atoms. The largest absolute Gasteiger partial charge is 0.302 e. The van der Waals surface area contributed by atoms with Gasteiger partial charge < -0.3 is 10.6 Å². The Morgan fingerprint density at radius 1 is 0.730 bits per heavy atom. The van der Waals surface area contributed by atoms with E-state index in [0.717, 1.165) is 46.9 Å². The predicted molar refractivity (Wildman–Crippen MR) is 139 cm³/mol. The Kier molecular flexibility index (Phi) is 8.90. The molecule has 4 rings (SSSR count). The zero-order valence-corrected chi connectivity index (χ0v) is 21.3. The molecule has 0 unspecified atom stereocenters. The summed E-state index contributed by atoms with van der Waals surface area (Å²) in [4.78, 5) is 32.6. The van der Waals surface area contributed by atoms with Crippen LogP contribution in [0.15, 0.2) is 47.2 Å². The Balaban J connectivity index is 1.16. The number of hydrogen-bond donors (Lipinski definition) is 2. The molecule has 2 amide bonds. The number of halogens is 4. The molecule has 0 bridgehead atoms. The third-order valence-corrected chi connectivity index (χ3v) is 7.36. The molecule has 0 aliphatic rings. The number of thioether (sulfide) groups is 1. The molecule has 0 radical (unpaired) electrons. The summed E-state index contributed by atoms with van der Waals surface area (Å²) in [5.74, 6) is -2.46. The number of aromatic nitrogens is 2. The van der Waals surface area contributed by atoms with Gasteiger partial charge in [-0.25, -0.2) is 27.5 Å². The summed E-state index contributed by atoms with van der Waals surface area (Å²) in [5, 5.41) is 9.03. The molecule has 192 valence electrons. The van der Waals surface area contributed by atoms with E-state index in [1.165, 1.54) is 23.9 Å². The van der Waals surface area contributed by atoms with Crippen molar-refractivity contribution in [1.29, 1.82) is 0 Å². The first kappa shape index (κ1) is 26.8. The molecular weight excluding hydrogens is 548 g/mol. The van der Waals surface area contributed by atoms with Gasteiger partial charge in [-0.05, 0) is 24.3 Å². The first-order valence-electron chi connectivity index (χ1n) is 10.8. The summed E-state index contributed by atoms with van der Waals surface area (Å²) in [6, 6.07) is 6.39. The Labute approximate surface area is 221 Å². The van der Waals surface area contributed by atoms with Gasteiger partial charge in [0.15, 0.2) is 10.3 Å². The van der Waals surface area contributed by atoms with Crippen molar-refractivity contribution in [1.82, 2.24) is 9.97 Å². The topological polar surface area (TPSA) is 84.0 Å². The van der Waals surface area contributed by atoms with Crippen molar-refractivity contribution in [3.8, 4) is 22.5 Å². The number of amides is 2. The summed E-state index contributed by atoms with van der Waals surface area (Å²) in [6.07, 6.45) is 0.371. The summed E-state index contributed by atoms with van der Waals surface area (Å²) < 4.78 is 54.0. The quantitative estimate of drug-likeness (QED) is 0.167. The third-order valence-electron chi connectivity index (χ3n) is 4.86. The van der Waals surface area contributed by atoms with E-state index in [1.807, 2.05) is 0 Å². The van der Waals surface area contributed by atoms with Crippen molar-refractivity contribution in [2.24, 2.45) is 0 Å². The number of rotatable bonds is 10. The molecule has 6 nitrogen and oxygen atoms in total. The van der Waals surface area contributed by atoms with E-state index < -0.39 is 23.3 Å². The van der Waals surface area contributed by atoms with Gasteiger partial charge in [0.2, 0.25) is 11.8 Å². The van der Waals surface area contributed by atoms with E-state index in [0.29, 0.717) is 33.2 Å². The minimum atomic E-state index is -0.735.